The van der Waals surface area contributed by atoms with E-state index in [4.69, 9.17) is 10.5 Å². The predicted octanol–water partition coefficient (Wildman–Crippen LogP) is 0.409. The molecule has 1 rings (SSSR count). The highest BCUT2D eigenvalue weighted by atomic mass is 16.5. The summed E-state index contributed by atoms with van der Waals surface area (Å²) in [5.74, 6) is -0.0603. The van der Waals surface area contributed by atoms with Crippen molar-refractivity contribution < 1.29 is 9.53 Å². The fourth-order valence-corrected chi connectivity index (χ4v) is 1.62. The van der Waals surface area contributed by atoms with Crippen LogP contribution >= 0.6 is 0 Å². The van der Waals surface area contributed by atoms with E-state index in [0.29, 0.717) is 12.6 Å². The maximum Gasteiger partial charge on any atom is 0.246 e. The summed E-state index contributed by atoms with van der Waals surface area (Å²) < 4.78 is 5.46. The zero-order valence-corrected chi connectivity index (χ0v) is 8.79. The summed E-state index contributed by atoms with van der Waals surface area (Å²) in [4.78, 5) is 11.3. The zero-order chi connectivity index (χ0) is 10.4. The van der Waals surface area contributed by atoms with Crippen LogP contribution in [0.15, 0.2) is 0 Å². The van der Waals surface area contributed by atoms with E-state index in [9.17, 15) is 4.79 Å². The topological polar surface area (TPSA) is 64.3 Å². The van der Waals surface area contributed by atoms with Gasteiger partial charge in [0.2, 0.25) is 5.91 Å². The molecule has 1 fully saturated rings. The highest BCUT2D eigenvalue weighted by molar-refractivity contribution is 5.77. The Kier molecular flexibility index (Phi) is 4.90. The van der Waals surface area contributed by atoms with Gasteiger partial charge in [0.1, 0.15) is 6.61 Å². The first-order chi connectivity index (χ1) is 6.72. The van der Waals surface area contributed by atoms with Gasteiger partial charge in [-0.3, -0.25) is 4.79 Å². The molecule has 82 valence electrons. The van der Waals surface area contributed by atoms with Crippen LogP contribution in [0.1, 0.15) is 32.6 Å². The van der Waals surface area contributed by atoms with Crippen LogP contribution in [0.5, 0.6) is 0 Å². The maximum absolute atomic E-state index is 11.3. The summed E-state index contributed by atoms with van der Waals surface area (Å²) >= 11 is 0. The van der Waals surface area contributed by atoms with Gasteiger partial charge in [0, 0.05) is 12.6 Å². The lowest BCUT2D eigenvalue weighted by atomic mass is 10.3. The first kappa shape index (κ1) is 11.5. The van der Waals surface area contributed by atoms with Gasteiger partial charge in [0.25, 0.3) is 0 Å². The van der Waals surface area contributed by atoms with E-state index in [1.807, 2.05) is 6.92 Å². The first-order valence-electron chi connectivity index (χ1n) is 5.33. The minimum absolute atomic E-state index is 0.0367. The van der Waals surface area contributed by atoms with Crippen LogP contribution in [0.4, 0.5) is 0 Å². The van der Waals surface area contributed by atoms with Crippen molar-refractivity contribution in [3.8, 4) is 0 Å². The highest BCUT2D eigenvalue weighted by Crippen LogP contribution is 2.20. The Morgan fingerprint density at radius 1 is 1.57 bits per heavy atom. The van der Waals surface area contributed by atoms with Crippen molar-refractivity contribution in [3.63, 3.8) is 0 Å². The monoisotopic (exact) mass is 200 g/mol. The number of hydrogen-bond donors (Lipinski definition) is 2. The Hall–Kier alpha value is -0.610. The number of amides is 1. The summed E-state index contributed by atoms with van der Waals surface area (Å²) in [6.07, 6.45) is 4.95. The first-order valence-corrected chi connectivity index (χ1v) is 5.33. The highest BCUT2D eigenvalue weighted by Gasteiger charge is 2.16. The molecule has 0 bridgehead atoms. The molecule has 1 aliphatic carbocycles. The number of nitrogens with two attached hydrogens (primary N) is 1. The summed E-state index contributed by atoms with van der Waals surface area (Å²) in [7, 11) is 0. The second-order valence-electron chi connectivity index (χ2n) is 3.92. The summed E-state index contributed by atoms with van der Waals surface area (Å²) in [6.45, 7) is 2.53. The lowest BCUT2D eigenvalue weighted by Crippen LogP contribution is -2.40. The summed E-state index contributed by atoms with van der Waals surface area (Å²) in [5, 5.41) is 2.76. The SMILES string of the molecule is C[C@@H](CN)NC(=O)COC1CCCC1. The minimum atomic E-state index is -0.0603. The maximum atomic E-state index is 11.3. The molecule has 0 aliphatic heterocycles. The second-order valence-corrected chi connectivity index (χ2v) is 3.92. The van der Waals surface area contributed by atoms with Crippen LogP contribution in [0, 0.1) is 0 Å². The molecule has 0 heterocycles. The van der Waals surface area contributed by atoms with Gasteiger partial charge >= 0.3 is 0 Å². The third-order valence-electron chi connectivity index (χ3n) is 2.51. The number of carbonyl (C=O) groups is 1. The van der Waals surface area contributed by atoms with Gasteiger partial charge in [-0.1, -0.05) is 12.8 Å². The molecule has 0 unspecified atom stereocenters. The molecule has 1 aliphatic rings. The molecule has 0 radical (unpaired) electrons. The van der Waals surface area contributed by atoms with Crippen LogP contribution in [-0.2, 0) is 9.53 Å². The van der Waals surface area contributed by atoms with Crippen LogP contribution < -0.4 is 11.1 Å². The van der Waals surface area contributed by atoms with E-state index in [-0.39, 0.29) is 18.6 Å². The molecule has 0 aromatic heterocycles. The molecule has 0 spiro atoms. The Morgan fingerprint density at radius 2 is 2.21 bits per heavy atom. The molecule has 1 atom stereocenters. The Bertz CT molecular complexity index is 179. The van der Waals surface area contributed by atoms with Gasteiger partial charge in [-0.05, 0) is 19.8 Å². The molecular weight excluding hydrogens is 180 g/mol. The fourth-order valence-electron chi connectivity index (χ4n) is 1.62. The van der Waals surface area contributed by atoms with Gasteiger partial charge in [-0.25, -0.2) is 0 Å². The van der Waals surface area contributed by atoms with Gasteiger partial charge in [-0.2, -0.15) is 0 Å². The number of hydrogen-bond acceptors (Lipinski definition) is 3. The average Bonchev–Trinajstić information content (AvgIpc) is 2.67. The molecule has 14 heavy (non-hydrogen) atoms. The van der Waals surface area contributed by atoms with Crippen LogP contribution in [-0.4, -0.2) is 31.2 Å². The molecule has 4 heteroatoms. The lowest BCUT2D eigenvalue weighted by molar-refractivity contribution is -0.128. The van der Waals surface area contributed by atoms with Gasteiger partial charge in [0.15, 0.2) is 0 Å². The number of rotatable bonds is 5. The van der Waals surface area contributed by atoms with E-state index in [1.54, 1.807) is 0 Å². The smallest absolute Gasteiger partial charge is 0.246 e. The predicted molar refractivity (Wildman–Crippen MR) is 54.9 cm³/mol. The summed E-state index contributed by atoms with van der Waals surface area (Å²) in [6, 6.07) is 0.0367. The van der Waals surface area contributed by atoms with Crippen molar-refractivity contribution in [2.75, 3.05) is 13.2 Å². The average molecular weight is 200 g/mol. The Labute approximate surface area is 85.2 Å². The van der Waals surface area contributed by atoms with Gasteiger partial charge < -0.3 is 15.8 Å². The third-order valence-corrected chi connectivity index (χ3v) is 2.51. The quantitative estimate of drug-likeness (QED) is 0.675. The van der Waals surface area contributed by atoms with Crippen molar-refractivity contribution in [3.05, 3.63) is 0 Å². The van der Waals surface area contributed by atoms with Crippen molar-refractivity contribution in [1.82, 2.24) is 5.32 Å². The molecule has 1 amide bonds. The zero-order valence-electron chi connectivity index (χ0n) is 8.79. The van der Waals surface area contributed by atoms with E-state index in [1.165, 1.54) is 12.8 Å². The van der Waals surface area contributed by atoms with Crippen molar-refractivity contribution in [2.24, 2.45) is 5.73 Å². The molecule has 1 saturated carbocycles. The number of carbonyl (C=O) groups excluding carboxylic acids is 1. The molecular formula is C10H20N2O2. The fraction of sp³-hybridized carbons (Fsp3) is 0.900. The molecule has 4 nitrogen and oxygen atoms in total. The molecule has 0 aromatic carbocycles. The van der Waals surface area contributed by atoms with E-state index < -0.39 is 0 Å². The second kappa shape index (κ2) is 5.98. The third kappa shape index (κ3) is 4.07. The summed E-state index contributed by atoms with van der Waals surface area (Å²) in [5.41, 5.74) is 5.38. The Morgan fingerprint density at radius 3 is 2.79 bits per heavy atom. The van der Waals surface area contributed by atoms with E-state index >= 15 is 0 Å². The van der Waals surface area contributed by atoms with Crippen molar-refractivity contribution >= 4 is 5.91 Å². The lowest BCUT2D eigenvalue weighted by Gasteiger charge is -2.13. The van der Waals surface area contributed by atoms with E-state index in [2.05, 4.69) is 5.32 Å². The Balaban J connectivity index is 2.08. The minimum Gasteiger partial charge on any atom is -0.368 e. The van der Waals surface area contributed by atoms with Crippen molar-refractivity contribution in [1.29, 1.82) is 0 Å². The van der Waals surface area contributed by atoms with Crippen LogP contribution in [0.2, 0.25) is 0 Å². The molecule has 0 saturated heterocycles. The van der Waals surface area contributed by atoms with E-state index in [0.717, 1.165) is 12.8 Å². The van der Waals surface area contributed by atoms with Gasteiger partial charge in [0.05, 0.1) is 6.10 Å². The normalized spacial score (nSPS) is 19.6. The van der Waals surface area contributed by atoms with Gasteiger partial charge in [-0.15, -0.1) is 0 Å². The van der Waals surface area contributed by atoms with Crippen LogP contribution in [0.25, 0.3) is 0 Å². The largest absolute Gasteiger partial charge is 0.368 e. The molecule has 3 N–H and O–H groups in total. The molecule has 0 aromatic rings. The number of nitrogens with one attached hydrogen (secondary N) is 1. The van der Waals surface area contributed by atoms with Crippen molar-refractivity contribution in [2.45, 2.75) is 44.8 Å². The number of ether oxygens (including phenoxy) is 1. The standard InChI is InChI=1S/C10H20N2O2/c1-8(6-11)12-10(13)7-14-9-4-2-3-5-9/h8-9H,2-7,11H2,1H3,(H,12,13)/t8-/m0/s1. The van der Waals surface area contributed by atoms with Crippen LogP contribution in [0.3, 0.4) is 0 Å².